The highest BCUT2D eigenvalue weighted by Gasteiger charge is 2.16. The van der Waals surface area contributed by atoms with Gasteiger partial charge in [0.1, 0.15) is 17.6 Å². The fourth-order valence-electron chi connectivity index (χ4n) is 3.91. The van der Waals surface area contributed by atoms with E-state index in [1.165, 1.54) is 6.07 Å². The van der Waals surface area contributed by atoms with E-state index in [0.29, 0.717) is 34.8 Å². The molecule has 0 unspecified atom stereocenters. The van der Waals surface area contributed by atoms with Crippen molar-refractivity contribution in [2.45, 2.75) is 19.8 Å². The van der Waals surface area contributed by atoms with Gasteiger partial charge < -0.3 is 9.72 Å². The van der Waals surface area contributed by atoms with Crippen molar-refractivity contribution >= 4 is 22.7 Å². The third-order valence-electron chi connectivity index (χ3n) is 5.79. The van der Waals surface area contributed by atoms with Gasteiger partial charge in [-0.25, -0.2) is 14.1 Å². The summed E-state index contributed by atoms with van der Waals surface area (Å²) >= 11 is 0. The summed E-state index contributed by atoms with van der Waals surface area (Å²) < 4.78 is 22.2. The second kappa shape index (κ2) is 10.3. The van der Waals surface area contributed by atoms with Crippen LogP contribution in [0.4, 0.5) is 4.39 Å². The SMILES string of the molecule is CCCCOc1ccc(-c2nn(-c3ccccc3)cc2/C=C(\C#N)c2nc3ccccc3[nH]2)cc1F. The number of aromatic nitrogens is 4. The molecule has 7 heteroatoms. The highest BCUT2D eigenvalue weighted by molar-refractivity contribution is 5.92. The van der Waals surface area contributed by atoms with Crippen molar-refractivity contribution < 1.29 is 9.13 Å². The van der Waals surface area contributed by atoms with Crippen molar-refractivity contribution in [2.24, 2.45) is 0 Å². The van der Waals surface area contributed by atoms with Crippen LogP contribution < -0.4 is 4.74 Å². The second-order valence-corrected chi connectivity index (χ2v) is 8.33. The number of nitrogens with one attached hydrogen (secondary N) is 1. The molecule has 2 heterocycles. The van der Waals surface area contributed by atoms with E-state index in [2.05, 4.69) is 23.0 Å². The van der Waals surface area contributed by atoms with E-state index in [-0.39, 0.29) is 5.75 Å². The van der Waals surface area contributed by atoms with Crippen LogP contribution in [0.5, 0.6) is 5.75 Å². The van der Waals surface area contributed by atoms with Gasteiger partial charge in [-0.1, -0.05) is 43.7 Å². The van der Waals surface area contributed by atoms with Crippen LogP contribution in [0.3, 0.4) is 0 Å². The number of unbranched alkanes of at least 4 members (excludes halogenated alkanes) is 1. The Kier molecular flexibility index (Phi) is 6.59. The van der Waals surface area contributed by atoms with Gasteiger partial charge in [-0.2, -0.15) is 10.4 Å². The highest BCUT2D eigenvalue weighted by atomic mass is 19.1. The Balaban J connectivity index is 1.59. The molecule has 178 valence electrons. The number of aromatic amines is 1. The van der Waals surface area contributed by atoms with Crippen LogP contribution in [0.15, 0.2) is 79.0 Å². The number of hydrogen-bond acceptors (Lipinski definition) is 4. The van der Waals surface area contributed by atoms with E-state index in [1.807, 2.05) is 60.8 Å². The summed E-state index contributed by atoms with van der Waals surface area (Å²) in [7, 11) is 0. The summed E-state index contributed by atoms with van der Waals surface area (Å²) in [6.45, 7) is 2.52. The van der Waals surface area contributed by atoms with E-state index in [9.17, 15) is 9.65 Å². The molecule has 36 heavy (non-hydrogen) atoms. The third kappa shape index (κ3) is 4.75. The number of allylic oxidation sites excluding steroid dienone is 1. The fourth-order valence-corrected chi connectivity index (χ4v) is 3.91. The normalized spacial score (nSPS) is 11.5. The number of fused-ring (bicyclic) bond motifs is 1. The maximum atomic E-state index is 14.9. The predicted molar refractivity (Wildman–Crippen MR) is 139 cm³/mol. The molecule has 0 aliphatic rings. The van der Waals surface area contributed by atoms with Gasteiger partial charge in [0.2, 0.25) is 0 Å². The minimum Gasteiger partial charge on any atom is -0.491 e. The van der Waals surface area contributed by atoms with Crippen LogP contribution in [0.2, 0.25) is 0 Å². The van der Waals surface area contributed by atoms with Gasteiger partial charge in [-0.3, -0.25) is 0 Å². The lowest BCUT2D eigenvalue weighted by molar-refractivity contribution is 0.294. The van der Waals surface area contributed by atoms with Crippen LogP contribution >= 0.6 is 0 Å². The number of H-pyrrole nitrogens is 1. The Bertz CT molecular complexity index is 1540. The van der Waals surface area contributed by atoms with Crippen molar-refractivity contribution in [1.29, 1.82) is 5.26 Å². The number of imidazole rings is 1. The Morgan fingerprint density at radius 1 is 1.11 bits per heavy atom. The number of halogens is 1. The summed E-state index contributed by atoms with van der Waals surface area (Å²) in [5.74, 6) is 0.223. The highest BCUT2D eigenvalue weighted by Crippen LogP contribution is 2.30. The fraction of sp³-hybridized carbons (Fsp3) is 0.138. The van der Waals surface area contributed by atoms with Crippen LogP contribution in [0.1, 0.15) is 31.2 Å². The Labute approximate surface area is 208 Å². The number of para-hydroxylation sites is 3. The molecule has 1 N–H and O–H groups in total. The zero-order chi connectivity index (χ0) is 24.9. The van der Waals surface area contributed by atoms with Crippen molar-refractivity contribution in [2.75, 3.05) is 6.61 Å². The molecule has 0 atom stereocenters. The molecule has 0 aliphatic heterocycles. The maximum Gasteiger partial charge on any atom is 0.165 e. The first-order chi connectivity index (χ1) is 17.7. The monoisotopic (exact) mass is 477 g/mol. The van der Waals surface area contributed by atoms with Gasteiger partial charge in [0, 0.05) is 17.3 Å². The summed E-state index contributed by atoms with van der Waals surface area (Å²) in [5, 5.41) is 14.7. The third-order valence-corrected chi connectivity index (χ3v) is 5.79. The number of hydrogen-bond donors (Lipinski definition) is 1. The molecule has 5 aromatic rings. The first-order valence-corrected chi connectivity index (χ1v) is 11.8. The molecule has 0 bridgehead atoms. The maximum absolute atomic E-state index is 14.9. The smallest absolute Gasteiger partial charge is 0.165 e. The molecule has 3 aromatic carbocycles. The molecular weight excluding hydrogens is 453 g/mol. The molecule has 0 saturated carbocycles. The molecular formula is C29H24FN5O. The molecule has 5 rings (SSSR count). The van der Waals surface area contributed by atoms with Crippen LogP contribution in [-0.2, 0) is 0 Å². The van der Waals surface area contributed by atoms with Crippen molar-refractivity contribution in [3.63, 3.8) is 0 Å². The van der Waals surface area contributed by atoms with E-state index >= 15 is 0 Å². The summed E-state index contributed by atoms with van der Waals surface area (Å²) in [6.07, 6.45) is 5.38. The van der Waals surface area contributed by atoms with Gasteiger partial charge in [0.15, 0.2) is 11.6 Å². The lowest BCUT2D eigenvalue weighted by atomic mass is 10.1. The van der Waals surface area contributed by atoms with Gasteiger partial charge in [0.25, 0.3) is 0 Å². The van der Waals surface area contributed by atoms with Gasteiger partial charge in [-0.05, 0) is 55.0 Å². The lowest BCUT2D eigenvalue weighted by Gasteiger charge is -2.08. The van der Waals surface area contributed by atoms with Crippen LogP contribution in [0.25, 0.3) is 39.6 Å². The average molecular weight is 478 g/mol. The number of nitrogens with zero attached hydrogens (tertiary/aromatic N) is 4. The molecule has 2 aromatic heterocycles. The molecule has 0 fully saturated rings. The topological polar surface area (TPSA) is 79.5 Å². The van der Waals surface area contributed by atoms with Gasteiger partial charge >= 0.3 is 0 Å². The minimum atomic E-state index is -0.453. The molecule has 0 spiro atoms. The first-order valence-electron chi connectivity index (χ1n) is 11.8. The van der Waals surface area contributed by atoms with Crippen LogP contribution in [0, 0.1) is 17.1 Å². The molecule has 0 radical (unpaired) electrons. The minimum absolute atomic E-state index is 0.215. The summed E-state index contributed by atoms with van der Waals surface area (Å²) in [6, 6.07) is 24.3. The largest absolute Gasteiger partial charge is 0.491 e. The molecule has 0 amide bonds. The van der Waals surface area contributed by atoms with Gasteiger partial charge in [0.05, 0.1) is 28.9 Å². The van der Waals surface area contributed by atoms with Gasteiger partial charge in [-0.15, -0.1) is 0 Å². The quantitative estimate of drug-likeness (QED) is 0.197. The van der Waals surface area contributed by atoms with Crippen molar-refractivity contribution in [3.8, 4) is 28.8 Å². The van der Waals surface area contributed by atoms with E-state index in [0.717, 1.165) is 29.6 Å². The summed E-state index contributed by atoms with van der Waals surface area (Å²) in [4.78, 5) is 7.76. The number of benzene rings is 3. The Hall–Kier alpha value is -4.70. The Morgan fingerprint density at radius 3 is 2.67 bits per heavy atom. The zero-order valence-corrected chi connectivity index (χ0v) is 19.8. The number of nitriles is 1. The number of ether oxygens (including phenoxy) is 1. The lowest BCUT2D eigenvalue weighted by Crippen LogP contribution is -1.99. The van der Waals surface area contributed by atoms with E-state index in [4.69, 9.17) is 9.84 Å². The molecule has 0 saturated heterocycles. The second-order valence-electron chi connectivity index (χ2n) is 8.33. The van der Waals surface area contributed by atoms with E-state index < -0.39 is 5.82 Å². The van der Waals surface area contributed by atoms with E-state index in [1.54, 1.807) is 22.9 Å². The zero-order valence-electron chi connectivity index (χ0n) is 19.8. The van der Waals surface area contributed by atoms with Crippen molar-refractivity contribution in [1.82, 2.24) is 19.7 Å². The molecule has 6 nitrogen and oxygen atoms in total. The summed E-state index contributed by atoms with van der Waals surface area (Å²) in [5.41, 5.74) is 4.60. The molecule has 0 aliphatic carbocycles. The average Bonchev–Trinajstić information content (AvgIpc) is 3.53. The standard InChI is InChI=1S/C29H24FN5O/c1-2-3-15-36-27-14-13-20(17-24(27)30)28-22(19-35(34-28)23-9-5-4-6-10-23)16-21(18-31)29-32-25-11-7-8-12-26(25)33-29/h4-14,16-17,19H,2-3,15H2,1H3,(H,32,33)/b21-16+. The van der Waals surface area contributed by atoms with Crippen molar-refractivity contribution in [3.05, 3.63) is 96.2 Å². The van der Waals surface area contributed by atoms with Crippen LogP contribution in [-0.4, -0.2) is 26.4 Å². The number of rotatable bonds is 8. The Morgan fingerprint density at radius 2 is 1.92 bits per heavy atom. The first kappa shape index (κ1) is 23.1. The predicted octanol–water partition coefficient (Wildman–Crippen LogP) is 6.80.